The van der Waals surface area contributed by atoms with Gasteiger partial charge in [-0.2, -0.15) is 0 Å². The van der Waals surface area contributed by atoms with Crippen molar-refractivity contribution in [3.8, 4) is 0 Å². The number of benzene rings is 2. The van der Waals surface area contributed by atoms with Crippen molar-refractivity contribution in [2.24, 2.45) is 5.92 Å². The highest BCUT2D eigenvalue weighted by Gasteiger charge is 2.29. The van der Waals surface area contributed by atoms with E-state index in [1.54, 1.807) is 30.3 Å². The first-order chi connectivity index (χ1) is 15.7. The standard InChI is InChI=1S/C23H27N3O7/c1-15(2)12-18(25-23(30)33-14-16-8-4-3-5-9-16)21(27)24-19(22(28)29)13-17-10-6-7-11-20(17)26(31)32/h3-11,15,18-19H,12-14H2,1-2H3,(H,24,27)(H,25,30)(H,28,29)/t18-,19-/m0/s1. The van der Waals surface area contributed by atoms with Gasteiger partial charge in [-0.25, -0.2) is 9.59 Å². The number of nitro groups is 1. The fourth-order valence-corrected chi connectivity index (χ4v) is 3.16. The zero-order valence-corrected chi connectivity index (χ0v) is 18.4. The Morgan fingerprint density at radius 1 is 1.00 bits per heavy atom. The van der Waals surface area contributed by atoms with E-state index in [0.717, 1.165) is 5.56 Å². The second kappa shape index (κ2) is 12.2. The molecular weight excluding hydrogens is 430 g/mol. The number of carbonyl (C=O) groups excluding carboxylic acids is 2. The van der Waals surface area contributed by atoms with Crippen LogP contribution in [0.3, 0.4) is 0 Å². The van der Waals surface area contributed by atoms with Gasteiger partial charge in [0.25, 0.3) is 5.69 Å². The lowest BCUT2D eigenvalue weighted by Crippen LogP contribution is -2.52. The number of hydrogen-bond donors (Lipinski definition) is 3. The van der Waals surface area contributed by atoms with Gasteiger partial charge in [-0.05, 0) is 17.9 Å². The van der Waals surface area contributed by atoms with Gasteiger partial charge in [-0.1, -0.05) is 62.4 Å². The van der Waals surface area contributed by atoms with Crippen molar-refractivity contribution in [2.45, 2.75) is 45.4 Å². The number of hydrogen-bond acceptors (Lipinski definition) is 6. The van der Waals surface area contributed by atoms with Crippen molar-refractivity contribution in [3.63, 3.8) is 0 Å². The molecule has 0 aliphatic rings. The van der Waals surface area contributed by atoms with E-state index < -0.39 is 35.0 Å². The van der Waals surface area contributed by atoms with Gasteiger partial charge in [0.05, 0.1) is 4.92 Å². The van der Waals surface area contributed by atoms with Crippen molar-refractivity contribution in [3.05, 3.63) is 75.8 Å². The fourth-order valence-electron chi connectivity index (χ4n) is 3.16. The molecule has 10 nitrogen and oxygen atoms in total. The number of carboxylic acids is 1. The first-order valence-corrected chi connectivity index (χ1v) is 10.4. The Morgan fingerprint density at radius 2 is 1.64 bits per heavy atom. The van der Waals surface area contributed by atoms with Crippen LogP contribution in [-0.4, -0.2) is 40.1 Å². The molecule has 0 aromatic heterocycles. The van der Waals surface area contributed by atoms with Crippen LogP contribution in [0.4, 0.5) is 10.5 Å². The highest BCUT2D eigenvalue weighted by atomic mass is 16.6. The van der Waals surface area contributed by atoms with Gasteiger partial charge in [-0.3, -0.25) is 14.9 Å². The molecule has 33 heavy (non-hydrogen) atoms. The largest absolute Gasteiger partial charge is 0.480 e. The summed E-state index contributed by atoms with van der Waals surface area (Å²) in [7, 11) is 0. The molecule has 0 aliphatic carbocycles. The Bertz CT molecular complexity index is 979. The predicted octanol–water partition coefficient (Wildman–Crippen LogP) is 3.05. The molecule has 0 radical (unpaired) electrons. The third kappa shape index (κ3) is 8.24. The SMILES string of the molecule is CC(C)C[C@H](NC(=O)OCc1ccccc1)C(=O)N[C@@H](Cc1ccccc1[N+](=O)[O-])C(=O)O. The Hall–Kier alpha value is -3.95. The zero-order chi connectivity index (χ0) is 24.4. The van der Waals surface area contributed by atoms with E-state index in [1.165, 1.54) is 18.2 Å². The minimum absolute atomic E-state index is 0.00802. The molecule has 0 spiro atoms. The lowest BCUT2D eigenvalue weighted by Gasteiger charge is -2.22. The molecule has 0 bridgehead atoms. The third-order valence-corrected chi connectivity index (χ3v) is 4.76. The lowest BCUT2D eigenvalue weighted by atomic mass is 10.0. The Morgan fingerprint density at radius 3 is 2.24 bits per heavy atom. The number of carbonyl (C=O) groups is 3. The molecule has 0 aliphatic heterocycles. The molecule has 0 fully saturated rings. The molecule has 3 N–H and O–H groups in total. The summed E-state index contributed by atoms with van der Waals surface area (Å²) in [5.41, 5.74) is 0.707. The molecule has 0 saturated heterocycles. The van der Waals surface area contributed by atoms with Crippen LogP contribution in [-0.2, 0) is 27.4 Å². The van der Waals surface area contributed by atoms with E-state index in [-0.39, 0.29) is 36.6 Å². The number of carboxylic acid groups (broad SMARTS) is 1. The molecule has 2 amide bonds. The molecule has 0 heterocycles. The van der Waals surface area contributed by atoms with Gasteiger partial charge in [0, 0.05) is 18.1 Å². The van der Waals surface area contributed by atoms with E-state index >= 15 is 0 Å². The number of nitro benzene ring substituents is 1. The number of amides is 2. The maximum atomic E-state index is 12.8. The molecular formula is C23H27N3O7. The molecule has 10 heteroatoms. The maximum Gasteiger partial charge on any atom is 0.408 e. The van der Waals surface area contributed by atoms with Gasteiger partial charge in [-0.15, -0.1) is 0 Å². The number of aliphatic carboxylic acids is 1. The van der Waals surface area contributed by atoms with Crippen molar-refractivity contribution < 1.29 is 29.2 Å². The topological polar surface area (TPSA) is 148 Å². The first-order valence-electron chi connectivity index (χ1n) is 10.4. The number of ether oxygens (including phenoxy) is 1. The van der Waals surface area contributed by atoms with Crippen LogP contribution < -0.4 is 10.6 Å². The van der Waals surface area contributed by atoms with E-state index in [9.17, 15) is 29.6 Å². The van der Waals surface area contributed by atoms with Crippen LogP contribution in [0.1, 0.15) is 31.4 Å². The Labute approximate surface area is 191 Å². The second-order valence-corrected chi connectivity index (χ2v) is 7.88. The highest BCUT2D eigenvalue weighted by Crippen LogP contribution is 2.19. The molecule has 2 atom stereocenters. The highest BCUT2D eigenvalue weighted by molar-refractivity contribution is 5.89. The average Bonchev–Trinajstić information content (AvgIpc) is 2.77. The summed E-state index contributed by atoms with van der Waals surface area (Å²) in [6, 6.07) is 12.3. The summed E-state index contributed by atoms with van der Waals surface area (Å²) in [6.07, 6.45) is -0.861. The van der Waals surface area contributed by atoms with E-state index in [1.807, 2.05) is 19.9 Å². The Balaban J connectivity index is 2.07. The van der Waals surface area contributed by atoms with Crippen molar-refractivity contribution in [2.75, 3.05) is 0 Å². The summed E-state index contributed by atoms with van der Waals surface area (Å²) in [5, 5.41) is 25.7. The summed E-state index contributed by atoms with van der Waals surface area (Å²) >= 11 is 0. The number of para-hydroxylation sites is 1. The monoisotopic (exact) mass is 457 g/mol. The van der Waals surface area contributed by atoms with Crippen LogP contribution in [0.15, 0.2) is 54.6 Å². The third-order valence-electron chi connectivity index (χ3n) is 4.76. The summed E-state index contributed by atoms with van der Waals surface area (Å²) in [4.78, 5) is 47.4. The van der Waals surface area contributed by atoms with Gasteiger partial charge in [0.15, 0.2) is 0 Å². The second-order valence-electron chi connectivity index (χ2n) is 7.88. The molecule has 2 aromatic carbocycles. The smallest absolute Gasteiger partial charge is 0.408 e. The van der Waals surface area contributed by atoms with E-state index in [0.29, 0.717) is 0 Å². The fraction of sp³-hybridized carbons (Fsp3) is 0.348. The Kier molecular flexibility index (Phi) is 9.34. The zero-order valence-electron chi connectivity index (χ0n) is 18.4. The average molecular weight is 457 g/mol. The summed E-state index contributed by atoms with van der Waals surface area (Å²) in [6.45, 7) is 3.71. The van der Waals surface area contributed by atoms with E-state index in [4.69, 9.17) is 4.74 Å². The van der Waals surface area contributed by atoms with Gasteiger partial charge >= 0.3 is 12.1 Å². The van der Waals surface area contributed by atoms with Crippen LogP contribution in [0.5, 0.6) is 0 Å². The van der Waals surface area contributed by atoms with Crippen LogP contribution in [0, 0.1) is 16.0 Å². The van der Waals surface area contributed by atoms with Gasteiger partial charge < -0.3 is 20.5 Å². The number of alkyl carbamates (subject to hydrolysis) is 1. The maximum absolute atomic E-state index is 12.8. The van der Waals surface area contributed by atoms with Crippen LogP contribution in [0.25, 0.3) is 0 Å². The molecule has 0 saturated carbocycles. The quantitative estimate of drug-likeness (QED) is 0.347. The summed E-state index contributed by atoms with van der Waals surface area (Å²) in [5.74, 6) is -2.06. The van der Waals surface area contributed by atoms with Crippen molar-refractivity contribution >= 4 is 23.7 Å². The number of nitrogens with one attached hydrogen (secondary N) is 2. The van der Waals surface area contributed by atoms with Gasteiger partial charge in [0.2, 0.25) is 5.91 Å². The van der Waals surface area contributed by atoms with E-state index in [2.05, 4.69) is 10.6 Å². The van der Waals surface area contributed by atoms with Crippen molar-refractivity contribution in [1.82, 2.24) is 10.6 Å². The first kappa shape index (κ1) is 25.3. The summed E-state index contributed by atoms with van der Waals surface area (Å²) < 4.78 is 5.16. The molecule has 176 valence electrons. The minimum atomic E-state index is -1.42. The predicted molar refractivity (Wildman–Crippen MR) is 119 cm³/mol. The molecule has 0 unspecified atom stereocenters. The number of rotatable bonds is 11. The molecule has 2 rings (SSSR count). The lowest BCUT2D eigenvalue weighted by molar-refractivity contribution is -0.385. The normalized spacial score (nSPS) is 12.5. The van der Waals surface area contributed by atoms with Crippen molar-refractivity contribution in [1.29, 1.82) is 0 Å². The minimum Gasteiger partial charge on any atom is -0.480 e. The van der Waals surface area contributed by atoms with Gasteiger partial charge in [0.1, 0.15) is 18.7 Å². The molecule has 2 aromatic rings. The number of nitrogens with zero attached hydrogens (tertiary/aromatic N) is 1. The van der Waals surface area contributed by atoms with Crippen LogP contribution in [0.2, 0.25) is 0 Å². The van der Waals surface area contributed by atoms with Crippen LogP contribution >= 0.6 is 0 Å².